The van der Waals surface area contributed by atoms with E-state index in [0.29, 0.717) is 0 Å². The Labute approximate surface area is 79.3 Å². The highest BCUT2D eigenvalue weighted by molar-refractivity contribution is 5.40. The van der Waals surface area contributed by atoms with Gasteiger partial charge in [-0.3, -0.25) is 4.90 Å². The molecule has 4 heteroatoms. The van der Waals surface area contributed by atoms with E-state index in [1.54, 1.807) is 0 Å². The summed E-state index contributed by atoms with van der Waals surface area (Å²) in [4.78, 5) is 10.3. The van der Waals surface area contributed by atoms with Crippen molar-refractivity contribution in [1.82, 2.24) is 4.90 Å². The molecule has 0 N–H and O–H groups in total. The minimum absolute atomic E-state index is 0.765. The van der Waals surface area contributed by atoms with Crippen LogP contribution in [0.1, 0.15) is 6.92 Å². The summed E-state index contributed by atoms with van der Waals surface area (Å²) in [5.74, 6) is 0. The SMILES string of the molecule is CCN=C=NCCN1CCOCC1. The Balaban J connectivity index is 2.07. The number of hydrogen-bond donors (Lipinski definition) is 0. The molecule has 1 rings (SSSR count). The molecule has 0 unspecified atom stereocenters. The van der Waals surface area contributed by atoms with Crippen LogP contribution in [-0.4, -0.2) is 56.8 Å². The maximum absolute atomic E-state index is 5.24. The molecule has 0 aliphatic carbocycles. The van der Waals surface area contributed by atoms with Crippen LogP contribution in [0.2, 0.25) is 0 Å². The molecule has 0 spiro atoms. The predicted octanol–water partition coefficient (Wildman–Crippen LogP) is 0.512. The van der Waals surface area contributed by atoms with Crippen molar-refractivity contribution in [3.8, 4) is 0 Å². The van der Waals surface area contributed by atoms with E-state index in [-0.39, 0.29) is 0 Å². The van der Waals surface area contributed by atoms with Gasteiger partial charge >= 0.3 is 0 Å². The zero-order valence-corrected chi connectivity index (χ0v) is 8.20. The molecule has 74 valence electrons. The van der Waals surface area contributed by atoms with Crippen molar-refractivity contribution in [1.29, 1.82) is 0 Å². The maximum atomic E-state index is 5.24. The van der Waals surface area contributed by atoms with E-state index in [1.165, 1.54) is 0 Å². The van der Waals surface area contributed by atoms with Crippen LogP contribution in [0.15, 0.2) is 9.98 Å². The summed E-state index contributed by atoms with van der Waals surface area (Å²) < 4.78 is 5.24. The zero-order valence-electron chi connectivity index (χ0n) is 8.20. The van der Waals surface area contributed by atoms with Crippen molar-refractivity contribution >= 4 is 6.01 Å². The largest absolute Gasteiger partial charge is 0.379 e. The van der Waals surface area contributed by atoms with Crippen molar-refractivity contribution in [2.75, 3.05) is 45.9 Å². The standard InChI is InChI=1S/C9H17N3O/c1-2-10-9-11-3-4-12-5-7-13-8-6-12/h2-8H2,1H3. The summed E-state index contributed by atoms with van der Waals surface area (Å²) >= 11 is 0. The molecular weight excluding hydrogens is 166 g/mol. The third-order valence-corrected chi connectivity index (χ3v) is 1.93. The van der Waals surface area contributed by atoms with E-state index < -0.39 is 0 Å². The quantitative estimate of drug-likeness (QED) is 0.596. The molecule has 13 heavy (non-hydrogen) atoms. The zero-order chi connectivity index (χ0) is 9.36. The number of ether oxygens (including phenoxy) is 1. The Morgan fingerprint density at radius 2 is 2.08 bits per heavy atom. The first-order valence-corrected chi connectivity index (χ1v) is 4.81. The Hall–Kier alpha value is -0.700. The van der Waals surface area contributed by atoms with Gasteiger partial charge in [-0.2, -0.15) is 0 Å². The van der Waals surface area contributed by atoms with Gasteiger partial charge in [-0.05, 0) is 6.92 Å². The van der Waals surface area contributed by atoms with Gasteiger partial charge in [-0.15, -0.1) is 0 Å². The molecular formula is C9H17N3O. The lowest BCUT2D eigenvalue weighted by Crippen LogP contribution is -2.37. The molecule has 0 atom stereocenters. The third kappa shape index (κ3) is 4.78. The Morgan fingerprint density at radius 1 is 1.31 bits per heavy atom. The van der Waals surface area contributed by atoms with E-state index in [4.69, 9.17) is 4.74 Å². The number of aliphatic imine (C=N–C) groups is 2. The van der Waals surface area contributed by atoms with Crippen LogP contribution in [0.25, 0.3) is 0 Å². The summed E-state index contributed by atoms with van der Waals surface area (Å²) in [5, 5.41) is 0. The average molecular weight is 183 g/mol. The second-order valence-electron chi connectivity index (χ2n) is 2.91. The minimum atomic E-state index is 0.765. The van der Waals surface area contributed by atoms with Gasteiger partial charge in [-0.25, -0.2) is 9.98 Å². The minimum Gasteiger partial charge on any atom is -0.379 e. The lowest BCUT2D eigenvalue weighted by atomic mass is 10.4. The van der Waals surface area contributed by atoms with Gasteiger partial charge in [0.05, 0.1) is 25.8 Å². The smallest absolute Gasteiger partial charge is 0.0892 e. The monoisotopic (exact) mass is 183 g/mol. The molecule has 0 saturated carbocycles. The molecule has 0 aromatic carbocycles. The molecule has 0 amide bonds. The molecule has 0 bridgehead atoms. The van der Waals surface area contributed by atoms with Crippen LogP contribution in [0, 0.1) is 0 Å². The van der Waals surface area contributed by atoms with E-state index in [9.17, 15) is 0 Å². The first-order valence-electron chi connectivity index (χ1n) is 4.81. The number of hydrogen-bond acceptors (Lipinski definition) is 4. The molecule has 0 aromatic rings. The van der Waals surface area contributed by atoms with Crippen LogP contribution in [0.5, 0.6) is 0 Å². The Morgan fingerprint density at radius 3 is 2.77 bits per heavy atom. The Bertz CT molecular complexity index is 181. The molecule has 1 aliphatic heterocycles. The van der Waals surface area contributed by atoms with Crippen molar-refractivity contribution < 1.29 is 4.74 Å². The van der Waals surface area contributed by atoms with Crippen LogP contribution in [0.4, 0.5) is 0 Å². The Kier molecular flexibility index (Phi) is 5.41. The van der Waals surface area contributed by atoms with Gasteiger partial charge in [0, 0.05) is 26.2 Å². The van der Waals surface area contributed by atoms with Gasteiger partial charge in [0.25, 0.3) is 0 Å². The molecule has 4 nitrogen and oxygen atoms in total. The van der Waals surface area contributed by atoms with Gasteiger partial charge in [0.2, 0.25) is 0 Å². The molecule has 1 saturated heterocycles. The van der Waals surface area contributed by atoms with Crippen molar-refractivity contribution in [2.45, 2.75) is 6.92 Å². The van der Waals surface area contributed by atoms with E-state index in [1.807, 2.05) is 6.92 Å². The lowest BCUT2D eigenvalue weighted by molar-refractivity contribution is 0.0395. The van der Waals surface area contributed by atoms with Crippen LogP contribution in [-0.2, 0) is 4.74 Å². The highest BCUT2D eigenvalue weighted by Crippen LogP contribution is 1.95. The number of morpholine rings is 1. The third-order valence-electron chi connectivity index (χ3n) is 1.93. The van der Waals surface area contributed by atoms with Gasteiger partial charge in [0.1, 0.15) is 0 Å². The number of nitrogens with zero attached hydrogens (tertiary/aromatic N) is 3. The second kappa shape index (κ2) is 6.78. The normalized spacial score (nSPS) is 17.9. The first kappa shape index (κ1) is 10.4. The van der Waals surface area contributed by atoms with E-state index in [2.05, 4.69) is 20.9 Å². The summed E-state index contributed by atoms with van der Waals surface area (Å²) in [6, 6.07) is 2.67. The summed E-state index contributed by atoms with van der Waals surface area (Å²) in [6.07, 6.45) is 0. The van der Waals surface area contributed by atoms with Crippen molar-refractivity contribution in [2.24, 2.45) is 9.98 Å². The summed E-state index contributed by atoms with van der Waals surface area (Å²) in [5.41, 5.74) is 0. The van der Waals surface area contributed by atoms with Crippen molar-refractivity contribution in [3.63, 3.8) is 0 Å². The molecule has 1 aliphatic rings. The fraction of sp³-hybridized carbons (Fsp3) is 0.889. The fourth-order valence-electron chi connectivity index (χ4n) is 1.19. The lowest BCUT2D eigenvalue weighted by Gasteiger charge is -2.25. The second-order valence-corrected chi connectivity index (χ2v) is 2.91. The van der Waals surface area contributed by atoms with E-state index >= 15 is 0 Å². The topological polar surface area (TPSA) is 37.2 Å². The highest BCUT2D eigenvalue weighted by atomic mass is 16.5. The fourth-order valence-corrected chi connectivity index (χ4v) is 1.19. The van der Waals surface area contributed by atoms with Crippen LogP contribution >= 0.6 is 0 Å². The summed E-state index contributed by atoms with van der Waals surface area (Å²) in [6.45, 7) is 8.30. The van der Waals surface area contributed by atoms with Gasteiger partial charge < -0.3 is 4.74 Å². The van der Waals surface area contributed by atoms with Crippen molar-refractivity contribution in [3.05, 3.63) is 0 Å². The molecule has 1 fully saturated rings. The van der Waals surface area contributed by atoms with Crippen LogP contribution in [0.3, 0.4) is 0 Å². The molecule has 0 aromatic heterocycles. The predicted molar refractivity (Wildman–Crippen MR) is 52.5 cm³/mol. The van der Waals surface area contributed by atoms with Crippen LogP contribution < -0.4 is 0 Å². The molecule has 1 heterocycles. The first-order chi connectivity index (χ1) is 6.43. The number of rotatable bonds is 4. The van der Waals surface area contributed by atoms with Gasteiger partial charge in [-0.1, -0.05) is 0 Å². The van der Waals surface area contributed by atoms with E-state index in [0.717, 1.165) is 45.9 Å². The van der Waals surface area contributed by atoms with Gasteiger partial charge in [0.15, 0.2) is 0 Å². The average Bonchev–Trinajstić information content (AvgIpc) is 2.19. The molecule has 0 radical (unpaired) electrons. The maximum Gasteiger partial charge on any atom is 0.0892 e. The highest BCUT2D eigenvalue weighted by Gasteiger charge is 2.08. The summed E-state index contributed by atoms with van der Waals surface area (Å²) in [7, 11) is 0.